The fraction of sp³-hybridized carbons (Fsp3) is 0.765. The molecule has 5 heteroatoms. The van der Waals surface area contributed by atoms with Gasteiger partial charge in [-0.1, -0.05) is 19.3 Å². The number of likely N-dealkylation sites (tertiary alicyclic amines) is 1. The predicted octanol–water partition coefficient (Wildman–Crippen LogP) is 3.32. The number of carbonyl (C=O) groups excluding carboxylic acids is 1. The first-order chi connectivity index (χ1) is 10.6. The SMILES string of the molecule is CCN(C(=O)c1scnc1C)[C@@H]1CN(C)C2(CCCCC2)C1. The maximum absolute atomic E-state index is 12.9. The van der Waals surface area contributed by atoms with E-state index in [1.807, 2.05) is 6.92 Å². The minimum absolute atomic E-state index is 0.175. The van der Waals surface area contributed by atoms with Gasteiger partial charge < -0.3 is 4.90 Å². The molecule has 3 rings (SSSR count). The fourth-order valence-electron chi connectivity index (χ4n) is 4.38. The van der Waals surface area contributed by atoms with Crippen LogP contribution in [0, 0.1) is 6.92 Å². The van der Waals surface area contributed by atoms with Crippen molar-refractivity contribution >= 4 is 17.2 Å². The summed E-state index contributed by atoms with van der Waals surface area (Å²) >= 11 is 1.47. The third kappa shape index (κ3) is 2.69. The Labute approximate surface area is 137 Å². The van der Waals surface area contributed by atoms with Gasteiger partial charge in [0.2, 0.25) is 0 Å². The molecule has 22 heavy (non-hydrogen) atoms. The lowest BCUT2D eigenvalue weighted by Gasteiger charge is -2.39. The van der Waals surface area contributed by atoms with E-state index in [-0.39, 0.29) is 5.91 Å². The van der Waals surface area contributed by atoms with Crippen molar-refractivity contribution in [2.45, 2.75) is 64.0 Å². The van der Waals surface area contributed by atoms with E-state index in [2.05, 4.69) is 28.8 Å². The van der Waals surface area contributed by atoms with Crippen LogP contribution in [0.2, 0.25) is 0 Å². The fourth-order valence-corrected chi connectivity index (χ4v) is 5.14. The molecule has 1 saturated heterocycles. The Morgan fingerprint density at radius 3 is 2.77 bits per heavy atom. The van der Waals surface area contributed by atoms with Crippen molar-refractivity contribution < 1.29 is 4.79 Å². The predicted molar refractivity (Wildman–Crippen MR) is 90.4 cm³/mol. The van der Waals surface area contributed by atoms with Crippen LogP contribution in [0.15, 0.2) is 5.51 Å². The highest BCUT2D eigenvalue weighted by molar-refractivity contribution is 7.11. The zero-order chi connectivity index (χ0) is 15.7. The molecule has 0 radical (unpaired) electrons. The first-order valence-corrected chi connectivity index (χ1v) is 9.37. The Bertz CT molecular complexity index is 536. The van der Waals surface area contributed by atoms with E-state index >= 15 is 0 Å². The second kappa shape index (κ2) is 6.28. The normalized spacial score (nSPS) is 24.8. The molecule has 1 spiro atoms. The largest absolute Gasteiger partial charge is 0.334 e. The number of aryl methyl sites for hydroxylation is 1. The number of likely N-dealkylation sites (N-methyl/N-ethyl adjacent to an activating group) is 2. The van der Waals surface area contributed by atoms with Crippen LogP contribution >= 0.6 is 11.3 Å². The number of hydrogen-bond acceptors (Lipinski definition) is 4. The third-order valence-electron chi connectivity index (χ3n) is 5.68. The zero-order valence-electron chi connectivity index (χ0n) is 14.0. The summed E-state index contributed by atoms with van der Waals surface area (Å²) in [4.78, 5) is 22.6. The summed E-state index contributed by atoms with van der Waals surface area (Å²) in [5.41, 5.74) is 2.99. The van der Waals surface area contributed by atoms with E-state index in [1.165, 1.54) is 43.4 Å². The molecule has 1 atom stereocenters. The second-order valence-electron chi connectivity index (χ2n) is 6.88. The first kappa shape index (κ1) is 15.9. The van der Waals surface area contributed by atoms with Crippen LogP contribution in [0.3, 0.4) is 0 Å². The van der Waals surface area contributed by atoms with Gasteiger partial charge in [0.1, 0.15) is 4.88 Å². The Balaban J connectivity index is 1.77. The molecule has 4 nitrogen and oxygen atoms in total. The number of aromatic nitrogens is 1. The van der Waals surface area contributed by atoms with E-state index in [9.17, 15) is 4.79 Å². The number of hydrogen-bond donors (Lipinski definition) is 0. The van der Waals surface area contributed by atoms with Gasteiger partial charge in [-0.2, -0.15) is 0 Å². The minimum Gasteiger partial charge on any atom is -0.334 e. The summed E-state index contributed by atoms with van der Waals surface area (Å²) in [5.74, 6) is 0.175. The first-order valence-electron chi connectivity index (χ1n) is 8.50. The smallest absolute Gasteiger partial charge is 0.266 e. The molecule has 1 aliphatic heterocycles. The molecule has 2 heterocycles. The van der Waals surface area contributed by atoms with E-state index in [4.69, 9.17) is 0 Å². The Hall–Kier alpha value is -0.940. The van der Waals surface area contributed by atoms with Crippen molar-refractivity contribution in [3.8, 4) is 0 Å². The highest BCUT2D eigenvalue weighted by Crippen LogP contribution is 2.42. The monoisotopic (exact) mass is 321 g/mol. The van der Waals surface area contributed by atoms with E-state index < -0.39 is 0 Å². The zero-order valence-corrected chi connectivity index (χ0v) is 14.8. The van der Waals surface area contributed by atoms with Crippen molar-refractivity contribution in [3.63, 3.8) is 0 Å². The quantitative estimate of drug-likeness (QED) is 0.857. The lowest BCUT2D eigenvalue weighted by Crippen LogP contribution is -2.42. The van der Waals surface area contributed by atoms with Crippen LogP contribution in [-0.4, -0.2) is 52.4 Å². The van der Waals surface area contributed by atoms with Gasteiger partial charge in [0, 0.05) is 24.7 Å². The van der Waals surface area contributed by atoms with Gasteiger partial charge in [-0.05, 0) is 40.2 Å². The summed E-state index contributed by atoms with van der Waals surface area (Å²) in [5, 5.41) is 0. The summed E-state index contributed by atoms with van der Waals surface area (Å²) in [6.45, 7) is 5.82. The second-order valence-corrected chi connectivity index (χ2v) is 7.74. The van der Waals surface area contributed by atoms with E-state index in [1.54, 1.807) is 5.51 Å². The van der Waals surface area contributed by atoms with E-state index in [0.717, 1.165) is 30.1 Å². The average molecular weight is 321 g/mol. The molecule has 1 aliphatic carbocycles. The minimum atomic E-state index is 0.175. The molecule has 0 N–H and O–H groups in total. The molecule has 1 saturated carbocycles. The molecule has 1 aromatic heterocycles. The van der Waals surface area contributed by atoms with Crippen LogP contribution in [-0.2, 0) is 0 Å². The van der Waals surface area contributed by atoms with Crippen LogP contribution < -0.4 is 0 Å². The van der Waals surface area contributed by atoms with Gasteiger partial charge in [-0.15, -0.1) is 11.3 Å². The van der Waals surface area contributed by atoms with Gasteiger partial charge in [0.15, 0.2) is 0 Å². The van der Waals surface area contributed by atoms with Gasteiger partial charge in [0.05, 0.1) is 11.2 Å². The molecule has 1 amide bonds. The standard InChI is InChI=1S/C17H27N3OS/c1-4-20(16(21)15-13(2)18-12-22-15)14-10-17(19(3)11-14)8-6-5-7-9-17/h12,14H,4-11H2,1-3H3/t14-/m0/s1. The lowest BCUT2D eigenvalue weighted by atomic mass is 9.79. The number of nitrogens with zero attached hydrogens (tertiary/aromatic N) is 3. The van der Waals surface area contributed by atoms with Crippen LogP contribution in [0.25, 0.3) is 0 Å². The molecule has 122 valence electrons. The van der Waals surface area contributed by atoms with Crippen LogP contribution in [0.4, 0.5) is 0 Å². The lowest BCUT2D eigenvalue weighted by molar-refractivity contribution is 0.0698. The molecule has 1 aromatic rings. The van der Waals surface area contributed by atoms with Gasteiger partial charge >= 0.3 is 0 Å². The van der Waals surface area contributed by atoms with Crippen LogP contribution in [0.1, 0.15) is 60.8 Å². The Morgan fingerprint density at radius 2 is 2.18 bits per heavy atom. The highest BCUT2D eigenvalue weighted by Gasteiger charge is 2.46. The molecular weight excluding hydrogens is 294 g/mol. The summed E-state index contributed by atoms with van der Waals surface area (Å²) in [6, 6.07) is 0.349. The Morgan fingerprint density at radius 1 is 1.45 bits per heavy atom. The summed E-state index contributed by atoms with van der Waals surface area (Å²) in [6.07, 6.45) is 7.78. The molecule has 2 fully saturated rings. The van der Waals surface area contributed by atoms with E-state index in [0.29, 0.717) is 11.6 Å². The highest BCUT2D eigenvalue weighted by atomic mass is 32.1. The summed E-state index contributed by atoms with van der Waals surface area (Å²) < 4.78 is 0. The maximum Gasteiger partial charge on any atom is 0.266 e. The van der Waals surface area contributed by atoms with Gasteiger partial charge in [-0.25, -0.2) is 4.98 Å². The van der Waals surface area contributed by atoms with Crippen molar-refractivity contribution in [2.24, 2.45) is 0 Å². The van der Waals surface area contributed by atoms with Crippen molar-refractivity contribution in [3.05, 3.63) is 16.1 Å². The van der Waals surface area contributed by atoms with Gasteiger partial charge in [0.25, 0.3) is 5.91 Å². The molecule has 2 aliphatic rings. The molecule has 0 unspecified atom stereocenters. The number of carbonyl (C=O) groups is 1. The topological polar surface area (TPSA) is 36.4 Å². The number of amides is 1. The third-order valence-corrected chi connectivity index (χ3v) is 6.59. The number of rotatable bonds is 3. The van der Waals surface area contributed by atoms with Crippen molar-refractivity contribution in [2.75, 3.05) is 20.1 Å². The average Bonchev–Trinajstić information content (AvgIpc) is 3.06. The summed E-state index contributed by atoms with van der Waals surface area (Å²) in [7, 11) is 2.25. The molecule has 0 bridgehead atoms. The van der Waals surface area contributed by atoms with Gasteiger partial charge in [-0.3, -0.25) is 9.69 Å². The van der Waals surface area contributed by atoms with Crippen molar-refractivity contribution in [1.29, 1.82) is 0 Å². The maximum atomic E-state index is 12.9. The van der Waals surface area contributed by atoms with Crippen molar-refractivity contribution in [1.82, 2.24) is 14.8 Å². The van der Waals surface area contributed by atoms with Crippen LogP contribution in [0.5, 0.6) is 0 Å². The Kier molecular flexibility index (Phi) is 4.55. The molecular formula is C17H27N3OS. The molecule has 0 aromatic carbocycles. The number of thiazole rings is 1.